The third-order valence-corrected chi connectivity index (χ3v) is 4.31. The van der Waals surface area contributed by atoms with Gasteiger partial charge < -0.3 is 5.32 Å². The van der Waals surface area contributed by atoms with Crippen LogP contribution in [0.15, 0.2) is 40.2 Å². The second-order valence-electron chi connectivity index (χ2n) is 3.51. The Kier molecular flexibility index (Phi) is 3.90. The summed E-state index contributed by atoms with van der Waals surface area (Å²) in [7, 11) is 0. The van der Waals surface area contributed by atoms with Gasteiger partial charge in [0.2, 0.25) is 0 Å². The highest BCUT2D eigenvalue weighted by molar-refractivity contribution is 9.11. The smallest absolute Gasteiger partial charge is 0.0702 e. The van der Waals surface area contributed by atoms with E-state index in [4.69, 9.17) is 11.6 Å². The van der Waals surface area contributed by atoms with Crippen LogP contribution in [-0.4, -0.2) is 0 Å². The number of thiophene rings is 1. The Morgan fingerprint density at radius 2 is 1.88 bits per heavy atom. The van der Waals surface area contributed by atoms with Crippen LogP contribution in [0.25, 0.3) is 0 Å². The predicted molar refractivity (Wildman–Crippen MR) is 75.5 cm³/mol. The van der Waals surface area contributed by atoms with E-state index < -0.39 is 0 Å². The van der Waals surface area contributed by atoms with E-state index in [0.717, 1.165) is 14.5 Å². The summed E-state index contributed by atoms with van der Waals surface area (Å²) in [6, 6.07) is 12.3. The van der Waals surface area contributed by atoms with Crippen LogP contribution < -0.4 is 5.32 Å². The van der Waals surface area contributed by atoms with Gasteiger partial charge in [-0.25, -0.2) is 0 Å². The average Bonchev–Trinajstić information content (AvgIpc) is 2.68. The first-order chi connectivity index (χ1) is 7.65. The Hall–Kier alpha value is -0.510. The highest BCUT2D eigenvalue weighted by Crippen LogP contribution is 2.29. The Morgan fingerprint density at radius 3 is 2.44 bits per heavy atom. The zero-order chi connectivity index (χ0) is 11.5. The molecule has 2 aromatic rings. The van der Waals surface area contributed by atoms with E-state index in [1.807, 2.05) is 24.3 Å². The molecule has 1 N–H and O–H groups in total. The molecule has 0 bridgehead atoms. The van der Waals surface area contributed by atoms with Gasteiger partial charge in [0.05, 0.1) is 9.83 Å². The van der Waals surface area contributed by atoms with Gasteiger partial charge in [0.25, 0.3) is 0 Å². The van der Waals surface area contributed by atoms with E-state index in [1.54, 1.807) is 11.3 Å². The summed E-state index contributed by atoms with van der Waals surface area (Å²) in [5, 5.41) is 4.19. The molecule has 0 radical (unpaired) electrons. The minimum absolute atomic E-state index is 0.303. The molecule has 16 heavy (non-hydrogen) atoms. The number of hydrogen-bond acceptors (Lipinski definition) is 2. The molecule has 1 aromatic heterocycles. The summed E-state index contributed by atoms with van der Waals surface area (Å²) in [5.41, 5.74) is 1.08. The third kappa shape index (κ3) is 3.00. The molecule has 1 aromatic carbocycles. The van der Waals surface area contributed by atoms with Gasteiger partial charge in [-0.3, -0.25) is 0 Å². The molecular formula is C12H11BrClNS. The topological polar surface area (TPSA) is 12.0 Å². The van der Waals surface area contributed by atoms with Crippen LogP contribution in [-0.2, 0) is 0 Å². The number of rotatable bonds is 3. The molecule has 0 amide bonds. The fourth-order valence-electron chi connectivity index (χ4n) is 1.43. The van der Waals surface area contributed by atoms with Crippen LogP contribution in [0.3, 0.4) is 0 Å². The van der Waals surface area contributed by atoms with E-state index in [1.165, 1.54) is 4.88 Å². The summed E-state index contributed by atoms with van der Waals surface area (Å²) < 4.78 is 1.16. The number of nitrogens with one attached hydrogen (secondary N) is 1. The van der Waals surface area contributed by atoms with Crippen molar-refractivity contribution in [2.24, 2.45) is 0 Å². The second kappa shape index (κ2) is 5.21. The molecule has 2 rings (SSSR count). The van der Waals surface area contributed by atoms with Gasteiger partial charge in [-0.2, -0.15) is 0 Å². The first-order valence-corrected chi connectivity index (χ1v) is 6.91. The van der Waals surface area contributed by atoms with Gasteiger partial charge in [-0.15, -0.1) is 11.3 Å². The van der Waals surface area contributed by atoms with Crippen molar-refractivity contribution >= 4 is 44.6 Å². The molecule has 0 aliphatic carbocycles. The van der Waals surface area contributed by atoms with E-state index in [2.05, 4.69) is 40.3 Å². The maximum absolute atomic E-state index is 5.84. The Morgan fingerprint density at radius 1 is 1.19 bits per heavy atom. The van der Waals surface area contributed by atoms with E-state index in [-0.39, 0.29) is 0 Å². The fourth-order valence-corrected chi connectivity index (χ4v) is 2.98. The summed E-state index contributed by atoms with van der Waals surface area (Å²) in [5.74, 6) is 0. The summed E-state index contributed by atoms with van der Waals surface area (Å²) >= 11 is 11.1. The zero-order valence-electron chi connectivity index (χ0n) is 8.71. The normalized spacial score (nSPS) is 12.4. The Labute approximate surface area is 113 Å². The lowest BCUT2D eigenvalue weighted by molar-refractivity contribution is 0.908. The lowest BCUT2D eigenvalue weighted by Crippen LogP contribution is -2.04. The maximum atomic E-state index is 5.84. The fraction of sp³-hybridized carbons (Fsp3) is 0.167. The Bertz CT molecular complexity index is 466. The van der Waals surface area contributed by atoms with Crippen molar-refractivity contribution in [2.45, 2.75) is 13.0 Å². The van der Waals surface area contributed by atoms with Crippen LogP contribution >= 0.6 is 38.9 Å². The van der Waals surface area contributed by atoms with Crippen LogP contribution in [0.2, 0.25) is 5.02 Å². The molecule has 1 atom stereocenters. The van der Waals surface area contributed by atoms with Crippen molar-refractivity contribution in [1.82, 2.24) is 0 Å². The van der Waals surface area contributed by atoms with Crippen LogP contribution in [0.4, 0.5) is 5.69 Å². The maximum Gasteiger partial charge on any atom is 0.0702 e. The highest BCUT2D eigenvalue weighted by Gasteiger charge is 2.07. The second-order valence-corrected chi connectivity index (χ2v) is 6.45. The molecule has 0 aliphatic heterocycles. The van der Waals surface area contributed by atoms with E-state index in [9.17, 15) is 0 Å². The largest absolute Gasteiger partial charge is 0.378 e. The van der Waals surface area contributed by atoms with Gasteiger partial charge in [-0.05, 0) is 59.3 Å². The number of halogens is 2. The highest BCUT2D eigenvalue weighted by atomic mass is 79.9. The van der Waals surface area contributed by atoms with Gasteiger partial charge >= 0.3 is 0 Å². The molecule has 84 valence electrons. The SMILES string of the molecule is CC(Nc1ccc(Cl)cc1)c1ccc(Br)s1. The molecule has 0 saturated heterocycles. The molecule has 1 heterocycles. The minimum Gasteiger partial charge on any atom is -0.378 e. The molecule has 0 spiro atoms. The molecule has 0 fully saturated rings. The van der Waals surface area contributed by atoms with Gasteiger partial charge in [-0.1, -0.05) is 11.6 Å². The van der Waals surface area contributed by atoms with Crippen molar-refractivity contribution < 1.29 is 0 Å². The van der Waals surface area contributed by atoms with Gasteiger partial charge in [0, 0.05) is 15.6 Å². The third-order valence-electron chi connectivity index (χ3n) is 2.25. The first kappa shape index (κ1) is 12.0. The molecule has 0 aliphatic rings. The van der Waals surface area contributed by atoms with Crippen molar-refractivity contribution in [3.05, 3.63) is 50.1 Å². The lowest BCUT2D eigenvalue weighted by atomic mass is 10.2. The molecule has 0 saturated carbocycles. The number of benzene rings is 1. The van der Waals surface area contributed by atoms with Crippen molar-refractivity contribution in [3.8, 4) is 0 Å². The molecule has 1 nitrogen and oxygen atoms in total. The minimum atomic E-state index is 0.303. The quantitative estimate of drug-likeness (QED) is 0.806. The van der Waals surface area contributed by atoms with Crippen molar-refractivity contribution in [1.29, 1.82) is 0 Å². The molecule has 4 heteroatoms. The van der Waals surface area contributed by atoms with E-state index >= 15 is 0 Å². The first-order valence-electron chi connectivity index (χ1n) is 4.92. The van der Waals surface area contributed by atoms with Crippen LogP contribution in [0.5, 0.6) is 0 Å². The molecular weight excluding hydrogens is 306 g/mol. The lowest BCUT2D eigenvalue weighted by Gasteiger charge is -2.13. The predicted octanol–water partition coefficient (Wildman–Crippen LogP) is 5.34. The average molecular weight is 317 g/mol. The number of hydrogen-bond donors (Lipinski definition) is 1. The van der Waals surface area contributed by atoms with Crippen LogP contribution in [0.1, 0.15) is 17.8 Å². The van der Waals surface area contributed by atoms with Crippen LogP contribution in [0, 0.1) is 0 Å². The summed E-state index contributed by atoms with van der Waals surface area (Å²) in [6.07, 6.45) is 0. The zero-order valence-corrected chi connectivity index (χ0v) is 11.9. The molecule has 1 unspecified atom stereocenters. The summed E-state index contributed by atoms with van der Waals surface area (Å²) in [6.45, 7) is 2.15. The monoisotopic (exact) mass is 315 g/mol. The Balaban J connectivity index is 2.07. The van der Waals surface area contributed by atoms with E-state index in [0.29, 0.717) is 6.04 Å². The van der Waals surface area contributed by atoms with Gasteiger partial charge in [0.1, 0.15) is 0 Å². The van der Waals surface area contributed by atoms with Crippen molar-refractivity contribution in [3.63, 3.8) is 0 Å². The standard InChI is InChI=1S/C12H11BrClNS/c1-8(11-6-7-12(13)16-11)15-10-4-2-9(14)3-5-10/h2-8,15H,1H3. The summed E-state index contributed by atoms with van der Waals surface area (Å²) in [4.78, 5) is 1.31. The number of anilines is 1. The van der Waals surface area contributed by atoms with Crippen molar-refractivity contribution in [2.75, 3.05) is 5.32 Å². The van der Waals surface area contributed by atoms with Gasteiger partial charge in [0.15, 0.2) is 0 Å².